The molecule has 2 aromatic carbocycles. The van der Waals surface area contributed by atoms with Crippen molar-refractivity contribution >= 4 is 27.6 Å². The van der Waals surface area contributed by atoms with Gasteiger partial charge in [0.1, 0.15) is 12.4 Å². The number of carbonyl (C=O) groups excluding carboxylic acids is 1. The summed E-state index contributed by atoms with van der Waals surface area (Å²) in [6, 6.07) is 9.27. The second kappa shape index (κ2) is 6.05. The summed E-state index contributed by atoms with van der Waals surface area (Å²) < 4.78 is 18.8. The standard InChI is InChI=1S/C15H13BrFNO2/c1-9-6-11(17)3-2-10(9)8-20-15(19)13-7-12(18)4-5-14(13)16/h2-7H,8,18H2,1H3. The third-order valence-corrected chi connectivity index (χ3v) is 3.57. The third-order valence-electron chi connectivity index (χ3n) is 2.87. The topological polar surface area (TPSA) is 52.3 Å². The summed E-state index contributed by atoms with van der Waals surface area (Å²) in [5, 5.41) is 0. The predicted octanol–water partition coefficient (Wildman–Crippen LogP) is 3.84. The van der Waals surface area contributed by atoms with Crippen LogP contribution in [0.4, 0.5) is 10.1 Å². The molecule has 20 heavy (non-hydrogen) atoms. The number of halogens is 2. The SMILES string of the molecule is Cc1cc(F)ccc1COC(=O)c1cc(N)ccc1Br. The van der Waals surface area contributed by atoms with Gasteiger partial charge in [-0.1, -0.05) is 6.07 Å². The van der Waals surface area contributed by atoms with Gasteiger partial charge in [-0.25, -0.2) is 9.18 Å². The molecule has 0 amide bonds. The Hall–Kier alpha value is -1.88. The van der Waals surface area contributed by atoms with Crippen LogP contribution < -0.4 is 5.73 Å². The number of rotatable bonds is 3. The van der Waals surface area contributed by atoms with E-state index in [4.69, 9.17) is 10.5 Å². The summed E-state index contributed by atoms with van der Waals surface area (Å²) in [6.07, 6.45) is 0. The highest BCUT2D eigenvalue weighted by molar-refractivity contribution is 9.10. The van der Waals surface area contributed by atoms with E-state index < -0.39 is 5.97 Å². The third kappa shape index (κ3) is 3.36. The largest absolute Gasteiger partial charge is 0.457 e. The van der Waals surface area contributed by atoms with Gasteiger partial charge in [0.2, 0.25) is 0 Å². The van der Waals surface area contributed by atoms with Gasteiger partial charge in [-0.05, 0) is 64.3 Å². The van der Waals surface area contributed by atoms with Crippen LogP contribution >= 0.6 is 15.9 Å². The molecule has 0 saturated carbocycles. The summed E-state index contributed by atoms with van der Waals surface area (Å²) in [6.45, 7) is 1.86. The monoisotopic (exact) mass is 337 g/mol. The molecule has 0 aliphatic heterocycles. The van der Waals surface area contributed by atoms with Gasteiger partial charge >= 0.3 is 5.97 Å². The van der Waals surface area contributed by atoms with E-state index >= 15 is 0 Å². The molecule has 0 unspecified atom stereocenters. The molecule has 0 aliphatic rings. The van der Waals surface area contributed by atoms with Crippen LogP contribution in [0.15, 0.2) is 40.9 Å². The van der Waals surface area contributed by atoms with Crippen molar-refractivity contribution in [2.24, 2.45) is 0 Å². The van der Waals surface area contributed by atoms with Gasteiger partial charge in [-0.15, -0.1) is 0 Å². The van der Waals surface area contributed by atoms with Crippen molar-refractivity contribution < 1.29 is 13.9 Å². The number of esters is 1. The molecule has 0 spiro atoms. The zero-order valence-electron chi connectivity index (χ0n) is 10.8. The highest BCUT2D eigenvalue weighted by Gasteiger charge is 2.12. The Bertz CT molecular complexity index is 658. The average Bonchev–Trinajstić information content (AvgIpc) is 2.40. The van der Waals surface area contributed by atoms with E-state index in [1.54, 1.807) is 31.2 Å². The number of ether oxygens (including phenoxy) is 1. The van der Waals surface area contributed by atoms with Crippen LogP contribution in [-0.4, -0.2) is 5.97 Å². The molecule has 0 radical (unpaired) electrons. The Morgan fingerprint density at radius 2 is 2.05 bits per heavy atom. The van der Waals surface area contributed by atoms with Crippen molar-refractivity contribution in [1.82, 2.24) is 0 Å². The lowest BCUT2D eigenvalue weighted by molar-refractivity contribution is 0.0471. The first kappa shape index (κ1) is 14.5. The Morgan fingerprint density at radius 3 is 2.75 bits per heavy atom. The number of carbonyl (C=O) groups is 1. The van der Waals surface area contributed by atoms with Crippen LogP contribution in [0, 0.1) is 12.7 Å². The minimum absolute atomic E-state index is 0.0895. The first-order valence-corrected chi connectivity index (χ1v) is 6.74. The molecule has 0 bridgehead atoms. The molecular weight excluding hydrogens is 325 g/mol. The Kier molecular flexibility index (Phi) is 4.39. The maximum Gasteiger partial charge on any atom is 0.339 e. The minimum atomic E-state index is -0.479. The van der Waals surface area contributed by atoms with E-state index in [1.807, 2.05) is 0 Å². The Balaban J connectivity index is 2.10. The van der Waals surface area contributed by atoms with Crippen LogP contribution in [0.3, 0.4) is 0 Å². The number of benzene rings is 2. The molecule has 0 aliphatic carbocycles. The minimum Gasteiger partial charge on any atom is -0.457 e. The lowest BCUT2D eigenvalue weighted by Crippen LogP contribution is -2.07. The van der Waals surface area contributed by atoms with Crippen LogP contribution in [0.1, 0.15) is 21.5 Å². The van der Waals surface area contributed by atoms with E-state index in [0.717, 1.165) is 11.1 Å². The van der Waals surface area contributed by atoms with Gasteiger partial charge in [-0.2, -0.15) is 0 Å². The van der Waals surface area contributed by atoms with Gasteiger partial charge in [-0.3, -0.25) is 0 Å². The molecular formula is C15H13BrFNO2. The molecule has 2 N–H and O–H groups in total. The fraction of sp³-hybridized carbons (Fsp3) is 0.133. The first-order chi connectivity index (χ1) is 9.47. The van der Waals surface area contributed by atoms with Crippen molar-refractivity contribution in [1.29, 1.82) is 0 Å². The Morgan fingerprint density at radius 1 is 1.30 bits per heavy atom. The average molecular weight is 338 g/mol. The molecule has 5 heteroatoms. The second-order valence-electron chi connectivity index (χ2n) is 4.39. The van der Waals surface area contributed by atoms with Crippen LogP contribution in [0.5, 0.6) is 0 Å². The number of aryl methyl sites for hydroxylation is 1. The van der Waals surface area contributed by atoms with E-state index in [9.17, 15) is 9.18 Å². The van der Waals surface area contributed by atoms with Gasteiger partial charge in [0.05, 0.1) is 5.56 Å². The smallest absolute Gasteiger partial charge is 0.339 e. The predicted molar refractivity (Wildman–Crippen MR) is 78.8 cm³/mol. The molecule has 0 aromatic heterocycles. The second-order valence-corrected chi connectivity index (χ2v) is 5.24. The number of anilines is 1. The molecule has 0 heterocycles. The van der Waals surface area contributed by atoms with E-state index in [2.05, 4.69) is 15.9 Å². The van der Waals surface area contributed by atoms with Crippen molar-refractivity contribution in [3.05, 3.63) is 63.4 Å². The number of hydrogen-bond donors (Lipinski definition) is 1. The molecule has 3 nitrogen and oxygen atoms in total. The lowest BCUT2D eigenvalue weighted by atomic mass is 10.1. The highest BCUT2D eigenvalue weighted by Crippen LogP contribution is 2.21. The van der Waals surface area contributed by atoms with E-state index in [1.165, 1.54) is 12.1 Å². The molecule has 2 rings (SSSR count). The first-order valence-electron chi connectivity index (χ1n) is 5.94. The quantitative estimate of drug-likeness (QED) is 0.683. The van der Waals surface area contributed by atoms with Gasteiger partial charge in [0.15, 0.2) is 0 Å². The molecule has 0 atom stereocenters. The highest BCUT2D eigenvalue weighted by atomic mass is 79.9. The summed E-state index contributed by atoms with van der Waals surface area (Å²) in [5.74, 6) is -0.788. The normalized spacial score (nSPS) is 10.3. The maximum absolute atomic E-state index is 13.0. The summed E-state index contributed by atoms with van der Waals surface area (Å²) in [7, 11) is 0. The maximum atomic E-state index is 13.0. The Labute approximate surface area is 124 Å². The summed E-state index contributed by atoms with van der Waals surface area (Å²) in [5.41, 5.74) is 8.00. The van der Waals surface area contributed by atoms with Crippen molar-refractivity contribution in [3.63, 3.8) is 0 Å². The van der Waals surface area contributed by atoms with Crippen molar-refractivity contribution in [3.8, 4) is 0 Å². The zero-order chi connectivity index (χ0) is 14.7. The summed E-state index contributed by atoms with van der Waals surface area (Å²) in [4.78, 5) is 12.0. The van der Waals surface area contributed by atoms with Gasteiger partial charge < -0.3 is 10.5 Å². The van der Waals surface area contributed by atoms with Crippen LogP contribution in [0.2, 0.25) is 0 Å². The molecule has 2 aromatic rings. The van der Waals surface area contributed by atoms with E-state index in [-0.39, 0.29) is 12.4 Å². The zero-order valence-corrected chi connectivity index (χ0v) is 12.4. The van der Waals surface area contributed by atoms with E-state index in [0.29, 0.717) is 15.7 Å². The number of nitrogens with two attached hydrogens (primary N) is 1. The number of nitrogen functional groups attached to an aromatic ring is 1. The number of hydrogen-bond acceptors (Lipinski definition) is 3. The van der Waals surface area contributed by atoms with Crippen molar-refractivity contribution in [2.75, 3.05) is 5.73 Å². The van der Waals surface area contributed by atoms with Gasteiger partial charge in [0.25, 0.3) is 0 Å². The van der Waals surface area contributed by atoms with Gasteiger partial charge in [0, 0.05) is 10.2 Å². The fourth-order valence-corrected chi connectivity index (χ4v) is 2.15. The molecule has 0 fully saturated rings. The van der Waals surface area contributed by atoms with Crippen LogP contribution in [-0.2, 0) is 11.3 Å². The fourth-order valence-electron chi connectivity index (χ4n) is 1.74. The van der Waals surface area contributed by atoms with Crippen molar-refractivity contribution in [2.45, 2.75) is 13.5 Å². The van der Waals surface area contributed by atoms with Crippen LogP contribution in [0.25, 0.3) is 0 Å². The summed E-state index contributed by atoms with van der Waals surface area (Å²) >= 11 is 3.28. The lowest BCUT2D eigenvalue weighted by Gasteiger charge is -2.09. The molecule has 104 valence electrons. The molecule has 0 saturated heterocycles.